The standard InChI is InChI=1S/C7H11N3O5/c1-2-15-7(14)10-4(5(11)12)3-9-6(8)13/h3H,2H2,1H3,(H,10,14)(H,11,12)(H3,8,9,13). The molecule has 0 aliphatic carbocycles. The Bertz CT molecular complexity index is 299. The molecule has 0 spiro atoms. The third-order valence-corrected chi connectivity index (χ3v) is 1.10. The Kier molecular flexibility index (Phi) is 5.31. The Morgan fingerprint density at radius 2 is 2.07 bits per heavy atom. The number of hydrogen-bond donors (Lipinski definition) is 4. The SMILES string of the molecule is CCOC(=O)NC(=CNC(N)=O)C(=O)O. The van der Waals surface area contributed by atoms with Gasteiger partial charge in [0, 0.05) is 6.20 Å². The zero-order valence-electron chi connectivity index (χ0n) is 7.94. The van der Waals surface area contributed by atoms with Crippen molar-refractivity contribution < 1.29 is 24.2 Å². The summed E-state index contributed by atoms with van der Waals surface area (Å²) in [6, 6.07) is -0.945. The van der Waals surface area contributed by atoms with E-state index >= 15 is 0 Å². The minimum atomic E-state index is -1.43. The number of carboxylic acid groups (broad SMARTS) is 1. The molecule has 15 heavy (non-hydrogen) atoms. The van der Waals surface area contributed by atoms with Crippen molar-refractivity contribution in [2.45, 2.75) is 6.92 Å². The second-order valence-electron chi connectivity index (χ2n) is 2.22. The van der Waals surface area contributed by atoms with Crippen LogP contribution in [0.2, 0.25) is 0 Å². The number of carbonyl (C=O) groups excluding carboxylic acids is 2. The summed E-state index contributed by atoms with van der Waals surface area (Å²) in [4.78, 5) is 31.6. The molecule has 0 bridgehead atoms. The van der Waals surface area contributed by atoms with Gasteiger partial charge in [0.05, 0.1) is 6.61 Å². The molecule has 0 aromatic carbocycles. The van der Waals surface area contributed by atoms with Crippen molar-refractivity contribution >= 4 is 18.1 Å². The summed E-state index contributed by atoms with van der Waals surface area (Å²) in [5, 5.41) is 12.4. The van der Waals surface area contributed by atoms with Crippen LogP contribution < -0.4 is 16.4 Å². The topological polar surface area (TPSA) is 131 Å². The number of ether oxygens (including phenoxy) is 1. The van der Waals surface area contributed by atoms with Gasteiger partial charge < -0.3 is 20.9 Å². The van der Waals surface area contributed by atoms with Gasteiger partial charge in [-0.25, -0.2) is 14.4 Å². The fourth-order valence-corrected chi connectivity index (χ4v) is 0.572. The molecule has 0 aromatic rings. The fourth-order valence-electron chi connectivity index (χ4n) is 0.572. The van der Waals surface area contributed by atoms with E-state index in [0.29, 0.717) is 0 Å². The summed E-state index contributed by atoms with van der Waals surface area (Å²) in [5.41, 5.74) is 4.15. The highest BCUT2D eigenvalue weighted by Gasteiger charge is 2.11. The van der Waals surface area contributed by atoms with Gasteiger partial charge in [0.1, 0.15) is 5.70 Å². The third-order valence-electron chi connectivity index (χ3n) is 1.10. The molecule has 0 rings (SSSR count). The van der Waals surface area contributed by atoms with E-state index in [2.05, 4.69) is 4.74 Å². The minimum Gasteiger partial charge on any atom is -0.477 e. The van der Waals surface area contributed by atoms with E-state index < -0.39 is 23.8 Å². The van der Waals surface area contributed by atoms with Gasteiger partial charge >= 0.3 is 18.1 Å². The Morgan fingerprint density at radius 1 is 1.47 bits per heavy atom. The molecule has 0 saturated heterocycles. The van der Waals surface area contributed by atoms with Gasteiger partial charge in [0.25, 0.3) is 0 Å². The van der Waals surface area contributed by atoms with E-state index in [4.69, 9.17) is 10.8 Å². The number of amides is 3. The number of aliphatic carboxylic acids is 1. The average molecular weight is 217 g/mol. The molecule has 0 fully saturated rings. The predicted octanol–water partition coefficient (Wildman–Crippen LogP) is -0.673. The Balaban J connectivity index is 4.40. The summed E-state index contributed by atoms with van der Waals surface area (Å²) >= 11 is 0. The van der Waals surface area contributed by atoms with Crippen molar-refractivity contribution in [1.82, 2.24) is 10.6 Å². The summed E-state index contributed by atoms with van der Waals surface area (Å²) < 4.78 is 4.43. The molecule has 84 valence electrons. The molecule has 0 saturated carbocycles. The maximum atomic E-state index is 10.8. The van der Waals surface area contributed by atoms with Crippen LogP contribution in [0.5, 0.6) is 0 Å². The first-order chi connectivity index (χ1) is 6.97. The van der Waals surface area contributed by atoms with Crippen LogP contribution in [0.3, 0.4) is 0 Å². The predicted molar refractivity (Wildman–Crippen MR) is 48.6 cm³/mol. The molecular weight excluding hydrogens is 206 g/mol. The monoisotopic (exact) mass is 217 g/mol. The molecule has 0 heterocycles. The second-order valence-corrected chi connectivity index (χ2v) is 2.22. The van der Waals surface area contributed by atoms with Crippen LogP contribution in [0, 0.1) is 0 Å². The van der Waals surface area contributed by atoms with E-state index in [1.165, 1.54) is 0 Å². The van der Waals surface area contributed by atoms with Crippen LogP contribution in [-0.2, 0) is 9.53 Å². The number of urea groups is 1. The van der Waals surface area contributed by atoms with Crippen LogP contribution >= 0.6 is 0 Å². The molecule has 0 atom stereocenters. The number of hydrogen-bond acceptors (Lipinski definition) is 4. The van der Waals surface area contributed by atoms with E-state index in [-0.39, 0.29) is 6.61 Å². The number of primary amides is 1. The van der Waals surface area contributed by atoms with Crippen LogP contribution in [-0.4, -0.2) is 29.8 Å². The number of carboxylic acids is 1. The largest absolute Gasteiger partial charge is 0.477 e. The maximum Gasteiger partial charge on any atom is 0.411 e. The lowest BCUT2D eigenvalue weighted by molar-refractivity contribution is -0.133. The average Bonchev–Trinajstić information content (AvgIpc) is 2.11. The molecule has 0 aromatic heterocycles. The second kappa shape index (κ2) is 6.24. The zero-order chi connectivity index (χ0) is 11.8. The molecular formula is C7H11N3O5. The van der Waals surface area contributed by atoms with Crippen molar-refractivity contribution in [3.63, 3.8) is 0 Å². The molecule has 0 unspecified atom stereocenters. The number of rotatable bonds is 4. The first-order valence-corrected chi connectivity index (χ1v) is 3.90. The Morgan fingerprint density at radius 3 is 2.47 bits per heavy atom. The molecule has 0 aliphatic heterocycles. The molecule has 8 heteroatoms. The quantitative estimate of drug-likeness (QED) is 0.463. The third kappa shape index (κ3) is 5.91. The van der Waals surface area contributed by atoms with Crippen molar-refractivity contribution in [3.8, 4) is 0 Å². The smallest absolute Gasteiger partial charge is 0.411 e. The highest BCUT2D eigenvalue weighted by atomic mass is 16.5. The number of nitrogens with two attached hydrogens (primary N) is 1. The lowest BCUT2D eigenvalue weighted by atomic mass is 10.5. The lowest BCUT2D eigenvalue weighted by Crippen LogP contribution is -2.32. The first kappa shape index (κ1) is 12.8. The molecule has 0 radical (unpaired) electrons. The molecule has 5 N–H and O–H groups in total. The minimum absolute atomic E-state index is 0.0992. The van der Waals surface area contributed by atoms with Gasteiger partial charge in [-0.2, -0.15) is 0 Å². The van der Waals surface area contributed by atoms with E-state index in [1.807, 2.05) is 10.6 Å². The first-order valence-electron chi connectivity index (χ1n) is 3.90. The van der Waals surface area contributed by atoms with Gasteiger partial charge in [-0.05, 0) is 6.92 Å². The highest BCUT2D eigenvalue weighted by molar-refractivity contribution is 5.91. The van der Waals surface area contributed by atoms with E-state index in [9.17, 15) is 14.4 Å². The van der Waals surface area contributed by atoms with Gasteiger partial charge in [0.2, 0.25) is 0 Å². The van der Waals surface area contributed by atoms with Crippen LogP contribution in [0.4, 0.5) is 9.59 Å². The van der Waals surface area contributed by atoms with Gasteiger partial charge in [-0.15, -0.1) is 0 Å². The number of alkyl carbamates (subject to hydrolysis) is 1. The van der Waals surface area contributed by atoms with Gasteiger partial charge in [-0.3, -0.25) is 5.32 Å². The maximum absolute atomic E-state index is 10.8. The molecule has 0 aliphatic rings. The zero-order valence-corrected chi connectivity index (χ0v) is 7.94. The summed E-state index contributed by atoms with van der Waals surface area (Å²) in [6.07, 6.45) is -0.181. The van der Waals surface area contributed by atoms with Crippen LogP contribution in [0.1, 0.15) is 6.92 Å². The molecule has 8 nitrogen and oxygen atoms in total. The number of nitrogens with one attached hydrogen (secondary N) is 2. The van der Waals surface area contributed by atoms with Gasteiger partial charge in [-0.1, -0.05) is 0 Å². The van der Waals surface area contributed by atoms with E-state index in [0.717, 1.165) is 6.20 Å². The Hall–Kier alpha value is -2.25. The van der Waals surface area contributed by atoms with Crippen LogP contribution in [0.25, 0.3) is 0 Å². The summed E-state index contributed by atoms with van der Waals surface area (Å²) in [6.45, 7) is 1.66. The van der Waals surface area contributed by atoms with Crippen molar-refractivity contribution in [3.05, 3.63) is 11.9 Å². The fraction of sp³-hybridized carbons (Fsp3) is 0.286. The van der Waals surface area contributed by atoms with Crippen LogP contribution in [0.15, 0.2) is 11.9 Å². The lowest BCUT2D eigenvalue weighted by Gasteiger charge is -2.05. The normalized spacial score (nSPS) is 10.3. The Labute approximate surface area is 85.1 Å². The van der Waals surface area contributed by atoms with Gasteiger partial charge in [0.15, 0.2) is 0 Å². The van der Waals surface area contributed by atoms with Crippen molar-refractivity contribution in [2.24, 2.45) is 5.73 Å². The molecule has 3 amide bonds. The van der Waals surface area contributed by atoms with E-state index in [1.54, 1.807) is 6.92 Å². The van der Waals surface area contributed by atoms with Crippen molar-refractivity contribution in [1.29, 1.82) is 0 Å². The number of carbonyl (C=O) groups is 3. The summed E-state index contributed by atoms with van der Waals surface area (Å²) in [5.74, 6) is -1.43. The van der Waals surface area contributed by atoms with Crippen molar-refractivity contribution in [2.75, 3.05) is 6.61 Å². The highest BCUT2D eigenvalue weighted by Crippen LogP contribution is 1.89. The summed E-state index contributed by atoms with van der Waals surface area (Å²) in [7, 11) is 0.